The second-order valence-corrected chi connectivity index (χ2v) is 4.50. The van der Waals surface area contributed by atoms with Crippen LogP contribution in [-0.4, -0.2) is 13.1 Å². The molecule has 1 fully saturated rings. The normalized spacial score (nSPS) is 17.9. The van der Waals surface area contributed by atoms with Crippen LogP contribution in [0.1, 0.15) is 32.1 Å². The number of rotatable bonds is 1. The minimum absolute atomic E-state index is 0.239. The van der Waals surface area contributed by atoms with E-state index in [9.17, 15) is 4.39 Å². The van der Waals surface area contributed by atoms with E-state index in [0.717, 1.165) is 18.8 Å². The number of nitrogens with zero attached hydrogens (tertiary/aromatic N) is 1. The van der Waals surface area contributed by atoms with Crippen LogP contribution >= 0.6 is 0 Å². The highest BCUT2D eigenvalue weighted by Gasteiger charge is 2.10. The molecule has 2 N–H and O–H groups in total. The Balaban J connectivity index is 2.13. The van der Waals surface area contributed by atoms with Gasteiger partial charge in [-0.25, -0.2) is 4.39 Å². The second kappa shape index (κ2) is 5.19. The van der Waals surface area contributed by atoms with Crippen molar-refractivity contribution in [3.8, 4) is 0 Å². The maximum atomic E-state index is 13.3. The minimum Gasteiger partial charge on any atom is -0.399 e. The fourth-order valence-corrected chi connectivity index (χ4v) is 2.28. The molecule has 0 atom stereocenters. The fourth-order valence-electron chi connectivity index (χ4n) is 2.28. The monoisotopic (exact) mass is 222 g/mol. The van der Waals surface area contributed by atoms with Gasteiger partial charge in [0, 0.05) is 24.5 Å². The summed E-state index contributed by atoms with van der Waals surface area (Å²) >= 11 is 0. The first kappa shape index (κ1) is 11.2. The van der Waals surface area contributed by atoms with Crippen LogP contribution in [0.5, 0.6) is 0 Å². The van der Waals surface area contributed by atoms with Crippen LogP contribution in [0.25, 0.3) is 0 Å². The zero-order chi connectivity index (χ0) is 11.4. The van der Waals surface area contributed by atoms with Crippen molar-refractivity contribution in [3.63, 3.8) is 0 Å². The topological polar surface area (TPSA) is 29.3 Å². The van der Waals surface area contributed by atoms with Crippen molar-refractivity contribution in [2.45, 2.75) is 32.1 Å². The highest BCUT2D eigenvalue weighted by molar-refractivity contribution is 5.56. The molecule has 88 valence electrons. The van der Waals surface area contributed by atoms with Gasteiger partial charge >= 0.3 is 0 Å². The zero-order valence-electron chi connectivity index (χ0n) is 9.58. The fraction of sp³-hybridized carbons (Fsp3) is 0.538. The van der Waals surface area contributed by atoms with E-state index >= 15 is 0 Å². The molecule has 0 saturated carbocycles. The predicted octanol–water partition coefficient (Wildman–Crippen LogP) is 3.18. The zero-order valence-corrected chi connectivity index (χ0v) is 9.58. The lowest BCUT2D eigenvalue weighted by atomic mass is 10.1. The number of halogens is 1. The summed E-state index contributed by atoms with van der Waals surface area (Å²) in [6.45, 7) is 2.03. The molecular formula is C13H19FN2. The number of nitrogens with two attached hydrogens (primary N) is 1. The maximum Gasteiger partial charge on any atom is 0.127 e. The van der Waals surface area contributed by atoms with E-state index < -0.39 is 0 Å². The summed E-state index contributed by atoms with van der Waals surface area (Å²) in [5.41, 5.74) is 7.11. The van der Waals surface area contributed by atoms with Gasteiger partial charge in [-0.1, -0.05) is 19.3 Å². The van der Waals surface area contributed by atoms with Gasteiger partial charge < -0.3 is 10.6 Å². The lowest BCUT2D eigenvalue weighted by molar-refractivity contribution is 0.555. The van der Waals surface area contributed by atoms with Crippen LogP contribution in [0.15, 0.2) is 18.2 Å². The summed E-state index contributed by atoms with van der Waals surface area (Å²) in [6, 6.07) is 4.82. The van der Waals surface area contributed by atoms with Crippen LogP contribution in [0, 0.1) is 5.82 Å². The molecule has 0 unspecified atom stereocenters. The first-order valence-electron chi connectivity index (χ1n) is 6.07. The Morgan fingerprint density at radius 1 is 0.938 bits per heavy atom. The highest BCUT2D eigenvalue weighted by Crippen LogP contribution is 2.22. The lowest BCUT2D eigenvalue weighted by Gasteiger charge is -2.27. The van der Waals surface area contributed by atoms with E-state index in [1.54, 1.807) is 6.07 Å². The Labute approximate surface area is 96.2 Å². The highest BCUT2D eigenvalue weighted by atomic mass is 19.1. The molecule has 3 heteroatoms. The van der Waals surface area contributed by atoms with Crippen molar-refractivity contribution in [1.82, 2.24) is 0 Å². The van der Waals surface area contributed by atoms with Crippen molar-refractivity contribution >= 4 is 11.4 Å². The molecule has 1 aromatic carbocycles. The van der Waals surface area contributed by atoms with E-state index in [-0.39, 0.29) is 5.82 Å². The molecule has 0 radical (unpaired) electrons. The first-order valence-corrected chi connectivity index (χ1v) is 6.07. The van der Waals surface area contributed by atoms with E-state index in [2.05, 4.69) is 4.90 Å². The number of hydrogen-bond acceptors (Lipinski definition) is 2. The lowest BCUT2D eigenvalue weighted by Crippen LogP contribution is -2.27. The van der Waals surface area contributed by atoms with Crippen molar-refractivity contribution in [1.29, 1.82) is 0 Å². The second-order valence-electron chi connectivity index (χ2n) is 4.50. The van der Waals surface area contributed by atoms with Crippen LogP contribution in [0.2, 0.25) is 0 Å². The molecule has 0 spiro atoms. The number of nitrogen functional groups attached to an aromatic ring is 1. The van der Waals surface area contributed by atoms with Gasteiger partial charge in [0.05, 0.1) is 0 Å². The summed E-state index contributed by atoms with van der Waals surface area (Å²) in [5, 5.41) is 0. The molecular weight excluding hydrogens is 203 g/mol. The Hall–Kier alpha value is -1.25. The Morgan fingerprint density at radius 2 is 1.56 bits per heavy atom. The maximum absolute atomic E-state index is 13.3. The third kappa shape index (κ3) is 2.87. The summed E-state index contributed by atoms with van der Waals surface area (Å²) in [5.74, 6) is -0.239. The summed E-state index contributed by atoms with van der Waals surface area (Å²) in [6.07, 6.45) is 6.27. The van der Waals surface area contributed by atoms with E-state index in [0.29, 0.717) is 5.69 Å². The number of hydrogen-bond donors (Lipinski definition) is 1. The van der Waals surface area contributed by atoms with Gasteiger partial charge in [0.15, 0.2) is 0 Å². The Kier molecular flexibility index (Phi) is 3.65. The van der Waals surface area contributed by atoms with E-state index in [4.69, 9.17) is 5.73 Å². The summed E-state index contributed by atoms with van der Waals surface area (Å²) in [7, 11) is 0. The van der Waals surface area contributed by atoms with Crippen molar-refractivity contribution in [2.24, 2.45) is 0 Å². The molecule has 1 aromatic rings. The molecule has 1 heterocycles. The molecule has 1 aliphatic rings. The molecule has 16 heavy (non-hydrogen) atoms. The van der Waals surface area contributed by atoms with Crippen LogP contribution in [0.4, 0.5) is 15.8 Å². The predicted molar refractivity (Wildman–Crippen MR) is 66.1 cm³/mol. The quantitative estimate of drug-likeness (QED) is 0.739. The van der Waals surface area contributed by atoms with Crippen molar-refractivity contribution < 1.29 is 4.39 Å². The van der Waals surface area contributed by atoms with E-state index in [1.165, 1.54) is 38.2 Å². The van der Waals surface area contributed by atoms with Crippen LogP contribution in [-0.2, 0) is 0 Å². The molecule has 0 bridgehead atoms. The third-order valence-corrected chi connectivity index (χ3v) is 3.13. The Bertz CT molecular complexity index is 324. The number of anilines is 2. The standard InChI is InChI=1S/C13H19FN2/c14-11-8-12(15)10-13(9-11)16-6-4-2-1-3-5-7-16/h8-10H,1-7,15H2. The molecule has 0 amide bonds. The van der Waals surface area contributed by atoms with E-state index in [1.807, 2.05) is 6.07 Å². The SMILES string of the molecule is Nc1cc(F)cc(N2CCCCCCC2)c1. The van der Waals surface area contributed by atoms with Crippen LogP contribution < -0.4 is 10.6 Å². The third-order valence-electron chi connectivity index (χ3n) is 3.13. The van der Waals surface area contributed by atoms with Crippen molar-refractivity contribution in [2.75, 3.05) is 23.7 Å². The van der Waals surface area contributed by atoms with Gasteiger partial charge in [0.1, 0.15) is 5.82 Å². The molecule has 0 aromatic heterocycles. The van der Waals surface area contributed by atoms with Gasteiger partial charge in [-0.15, -0.1) is 0 Å². The molecule has 2 rings (SSSR count). The average molecular weight is 222 g/mol. The molecule has 1 saturated heterocycles. The molecule has 0 aliphatic carbocycles. The van der Waals surface area contributed by atoms with Gasteiger partial charge in [0.2, 0.25) is 0 Å². The average Bonchev–Trinajstić information content (AvgIpc) is 2.14. The van der Waals surface area contributed by atoms with Gasteiger partial charge in [-0.2, -0.15) is 0 Å². The number of benzene rings is 1. The van der Waals surface area contributed by atoms with Crippen molar-refractivity contribution in [3.05, 3.63) is 24.0 Å². The largest absolute Gasteiger partial charge is 0.399 e. The molecule has 1 aliphatic heterocycles. The van der Waals surface area contributed by atoms with Gasteiger partial charge in [0.25, 0.3) is 0 Å². The smallest absolute Gasteiger partial charge is 0.127 e. The first-order chi connectivity index (χ1) is 7.75. The molecule has 2 nitrogen and oxygen atoms in total. The Morgan fingerprint density at radius 3 is 2.19 bits per heavy atom. The van der Waals surface area contributed by atoms with Crippen LogP contribution in [0.3, 0.4) is 0 Å². The van der Waals surface area contributed by atoms with Gasteiger partial charge in [-0.3, -0.25) is 0 Å². The summed E-state index contributed by atoms with van der Waals surface area (Å²) in [4.78, 5) is 2.25. The minimum atomic E-state index is -0.239. The van der Waals surface area contributed by atoms with Gasteiger partial charge in [-0.05, 0) is 31.0 Å². The summed E-state index contributed by atoms with van der Waals surface area (Å²) < 4.78 is 13.3.